The van der Waals surface area contributed by atoms with E-state index in [0.717, 1.165) is 31.4 Å². The third-order valence-electron chi connectivity index (χ3n) is 4.98. The lowest BCUT2D eigenvalue weighted by molar-refractivity contribution is -0.121. The molecular formula is C24H30N2O4. The van der Waals surface area contributed by atoms with Crippen molar-refractivity contribution >= 4 is 23.2 Å². The second kappa shape index (κ2) is 10.7. The molecule has 30 heavy (non-hydrogen) atoms. The van der Waals surface area contributed by atoms with E-state index in [1.165, 1.54) is 5.56 Å². The first-order chi connectivity index (χ1) is 14.6. The fourth-order valence-corrected chi connectivity index (χ4v) is 3.35. The smallest absolute Gasteiger partial charge is 0.265 e. The normalized spacial score (nSPS) is 12.9. The van der Waals surface area contributed by atoms with Gasteiger partial charge < -0.3 is 19.7 Å². The zero-order valence-electron chi connectivity index (χ0n) is 17.8. The van der Waals surface area contributed by atoms with Gasteiger partial charge in [-0.1, -0.05) is 25.5 Å². The molecule has 0 aromatic heterocycles. The number of carbonyl (C=O) groups excluding carboxylic acids is 2. The number of benzene rings is 2. The molecule has 3 rings (SSSR count). The number of hydrogen-bond donors (Lipinski definition) is 1. The van der Waals surface area contributed by atoms with Crippen LogP contribution in [0.4, 0.5) is 11.4 Å². The molecule has 0 radical (unpaired) electrons. The van der Waals surface area contributed by atoms with Crippen LogP contribution in [0.5, 0.6) is 11.5 Å². The molecule has 0 saturated carbocycles. The van der Waals surface area contributed by atoms with Crippen LogP contribution in [-0.4, -0.2) is 31.6 Å². The summed E-state index contributed by atoms with van der Waals surface area (Å²) in [7, 11) is 0. The first kappa shape index (κ1) is 21.7. The minimum atomic E-state index is -0.0726. The highest BCUT2D eigenvalue weighted by molar-refractivity contribution is 5.99. The summed E-state index contributed by atoms with van der Waals surface area (Å²) in [6.07, 6.45) is 3.97. The molecule has 1 heterocycles. The highest BCUT2D eigenvalue weighted by atomic mass is 16.5. The van der Waals surface area contributed by atoms with Gasteiger partial charge in [0.1, 0.15) is 11.5 Å². The van der Waals surface area contributed by atoms with Crippen LogP contribution >= 0.6 is 0 Å². The molecule has 6 nitrogen and oxygen atoms in total. The maximum Gasteiger partial charge on any atom is 0.265 e. The van der Waals surface area contributed by atoms with Gasteiger partial charge in [-0.15, -0.1) is 0 Å². The summed E-state index contributed by atoms with van der Waals surface area (Å²) >= 11 is 0. The first-order valence-corrected chi connectivity index (χ1v) is 10.6. The maximum atomic E-state index is 12.4. The van der Waals surface area contributed by atoms with E-state index in [1.54, 1.807) is 4.90 Å². The number of anilines is 2. The van der Waals surface area contributed by atoms with Gasteiger partial charge in [0.05, 0.1) is 12.3 Å². The summed E-state index contributed by atoms with van der Waals surface area (Å²) in [6, 6.07) is 13.4. The van der Waals surface area contributed by atoms with Crippen LogP contribution in [0.2, 0.25) is 0 Å². The van der Waals surface area contributed by atoms with E-state index in [-0.39, 0.29) is 18.4 Å². The fraction of sp³-hybridized carbons (Fsp3) is 0.417. The molecule has 0 bridgehead atoms. The SMILES string of the molecule is CCCCC(=O)Nc1ccc2c(c1)N(CCCCOc1cccc(C)c1)C(=O)CO2. The van der Waals surface area contributed by atoms with Crippen molar-refractivity contribution in [3.63, 3.8) is 0 Å². The third-order valence-corrected chi connectivity index (χ3v) is 4.98. The lowest BCUT2D eigenvalue weighted by Crippen LogP contribution is -2.39. The molecule has 0 atom stereocenters. The number of nitrogens with one attached hydrogen (secondary N) is 1. The topological polar surface area (TPSA) is 67.9 Å². The zero-order valence-corrected chi connectivity index (χ0v) is 17.8. The summed E-state index contributed by atoms with van der Waals surface area (Å²) in [5.74, 6) is 1.44. The molecule has 0 spiro atoms. The Hall–Kier alpha value is -3.02. The van der Waals surface area contributed by atoms with Crippen molar-refractivity contribution in [3.8, 4) is 11.5 Å². The number of nitrogens with zero attached hydrogens (tertiary/aromatic N) is 1. The molecule has 0 saturated heterocycles. The molecule has 160 valence electrons. The van der Waals surface area contributed by atoms with Crippen LogP contribution in [0, 0.1) is 6.92 Å². The molecule has 0 fully saturated rings. The molecule has 1 N–H and O–H groups in total. The monoisotopic (exact) mass is 410 g/mol. The van der Waals surface area contributed by atoms with Gasteiger partial charge >= 0.3 is 0 Å². The minimum absolute atomic E-state index is 0.0142. The van der Waals surface area contributed by atoms with Crippen molar-refractivity contribution < 1.29 is 19.1 Å². The third kappa shape index (κ3) is 5.99. The predicted molar refractivity (Wildman–Crippen MR) is 118 cm³/mol. The molecule has 1 aliphatic rings. The number of unbranched alkanes of at least 4 members (excludes halogenated alkanes) is 2. The van der Waals surface area contributed by atoms with E-state index in [4.69, 9.17) is 9.47 Å². The fourth-order valence-electron chi connectivity index (χ4n) is 3.35. The number of aryl methyl sites for hydroxylation is 1. The van der Waals surface area contributed by atoms with Gasteiger partial charge in [-0.2, -0.15) is 0 Å². The van der Waals surface area contributed by atoms with Crippen LogP contribution in [-0.2, 0) is 9.59 Å². The number of hydrogen-bond acceptors (Lipinski definition) is 4. The summed E-state index contributed by atoms with van der Waals surface area (Å²) in [6.45, 7) is 5.31. The van der Waals surface area contributed by atoms with Crippen molar-refractivity contribution in [3.05, 3.63) is 48.0 Å². The highest BCUT2D eigenvalue weighted by Crippen LogP contribution is 2.34. The summed E-state index contributed by atoms with van der Waals surface area (Å²) in [5.41, 5.74) is 2.56. The average molecular weight is 411 g/mol. The Morgan fingerprint density at radius 3 is 2.83 bits per heavy atom. The number of ether oxygens (including phenoxy) is 2. The largest absolute Gasteiger partial charge is 0.494 e. The van der Waals surface area contributed by atoms with Crippen molar-refractivity contribution in [1.29, 1.82) is 0 Å². The Morgan fingerprint density at radius 2 is 2.03 bits per heavy atom. The Balaban J connectivity index is 1.55. The van der Waals surface area contributed by atoms with E-state index >= 15 is 0 Å². The molecule has 2 amide bonds. The molecule has 2 aromatic rings. The minimum Gasteiger partial charge on any atom is -0.494 e. The predicted octanol–water partition coefficient (Wildman–Crippen LogP) is 4.71. The van der Waals surface area contributed by atoms with Gasteiger partial charge in [-0.3, -0.25) is 9.59 Å². The van der Waals surface area contributed by atoms with E-state index in [2.05, 4.69) is 12.2 Å². The van der Waals surface area contributed by atoms with Crippen LogP contribution in [0.25, 0.3) is 0 Å². The summed E-state index contributed by atoms with van der Waals surface area (Å²) in [5, 5.41) is 2.91. The molecule has 1 aliphatic heterocycles. The van der Waals surface area contributed by atoms with Crippen molar-refractivity contribution in [2.45, 2.75) is 46.0 Å². The quantitative estimate of drug-likeness (QED) is 0.576. The molecule has 0 unspecified atom stereocenters. The lowest BCUT2D eigenvalue weighted by atomic mass is 10.1. The van der Waals surface area contributed by atoms with Gasteiger partial charge in [0.2, 0.25) is 5.91 Å². The van der Waals surface area contributed by atoms with Gasteiger partial charge in [-0.05, 0) is 62.1 Å². The maximum absolute atomic E-state index is 12.4. The van der Waals surface area contributed by atoms with E-state index in [1.807, 2.05) is 49.4 Å². The number of rotatable bonds is 10. The van der Waals surface area contributed by atoms with Crippen molar-refractivity contribution in [2.75, 3.05) is 30.0 Å². The Kier molecular flexibility index (Phi) is 7.71. The van der Waals surface area contributed by atoms with Crippen LogP contribution in [0.3, 0.4) is 0 Å². The van der Waals surface area contributed by atoms with Crippen LogP contribution in [0.1, 0.15) is 44.6 Å². The zero-order chi connectivity index (χ0) is 21.3. The highest BCUT2D eigenvalue weighted by Gasteiger charge is 2.25. The van der Waals surface area contributed by atoms with Gasteiger partial charge in [-0.25, -0.2) is 0 Å². The summed E-state index contributed by atoms with van der Waals surface area (Å²) in [4.78, 5) is 26.2. The number of amides is 2. The van der Waals surface area contributed by atoms with E-state index in [0.29, 0.717) is 36.7 Å². The first-order valence-electron chi connectivity index (χ1n) is 10.6. The van der Waals surface area contributed by atoms with E-state index < -0.39 is 0 Å². The van der Waals surface area contributed by atoms with Crippen molar-refractivity contribution in [1.82, 2.24) is 0 Å². The molecular weight excluding hydrogens is 380 g/mol. The number of carbonyl (C=O) groups is 2. The molecule has 2 aromatic carbocycles. The van der Waals surface area contributed by atoms with Gasteiger partial charge in [0.25, 0.3) is 5.91 Å². The number of fused-ring (bicyclic) bond motifs is 1. The van der Waals surface area contributed by atoms with Crippen LogP contribution in [0.15, 0.2) is 42.5 Å². The van der Waals surface area contributed by atoms with Gasteiger partial charge in [0, 0.05) is 18.7 Å². The average Bonchev–Trinajstić information content (AvgIpc) is 2.73. The molecule has 0 aliphatic carbocycles. The van der Waals surface area contributed by atoms with Crippen LogP contribution < -0.4 is 19.7 Å². The second-order valence-corrected chi connectivity index (χ2v) is 7.54. The lowest BCUT2D eigenvalue weighted by Gasteiger charge is -2.30. The van der Waals surface area contributed by atoms with Gasteiger partial charge in [0.15, 0.2) is 6.61 Å². The Morgan fingerprint density at radius 1 is 1.17 bits per heavy atom. The summed E-state index contributed by atoms with van der Waals surface area (Å²) < 4.78 is 11.4. The standard InChI is InChI=1S/C24H30N2O4/c1-3-4-10-23(27)25-19-11-12-22-21(16-19)26(24(28)17-30-22)13-5-6-14-29-20-9-7-8-18(2)15-20/h7-9,11-12,15-16H,3-6,10,13-14,17H2,1-2H3,(H,25,27). The Bertz CT molecular complexity index is 881. The van der Waals surface area contributed by atoms with E-state index in [9.17, 15) is 9.59 Å². The van der Waals surface area contributed by atoms with Crippen molar-refractivity contribution in [2.24, 2.45) is 0 Å². The Labute approximate surface area is 178 Å². The molecule has 6 heteroatoms. The second-order valence-electron chi connectivity index (χ2n) is 7.54.